The van der Waals surface area contributed by atoms with E-state index >= 15 is 0 Å². The fourth-order valence-corrected chi connectivity index (χ4v) is 3.52. The number of rotatable bonds is 9. The SMILES string of the molecule is C=C(c1ccc(CCc2ccccc2)c(O)c1)N(CCN)Cc1ccccc1C. The summed E-state index contributed by atoms with van der Waals surface area (Å²) in [4.78, 5) is 2.18. The Morgan fingerprint density at radius 1 is 0.931 bits per heavy atom. The molecule has 3 aromatic carbocycles. The Balaban J connectivity index is 1.73. The number of phenolic OH excluding ortho intramolecular Hbond substituents is 1. The van der Waals surface area contributed by atoms with Crippen LogP contribution in [0, 0.1) is 6.92 Å². The smallest absolute Gasteiger partial charge is 0.119 e. The van der Waals surface area contributed by atoms with Crippen molar-refractivity contribution in [2.45, 2.75) is 26.3 Å². The highest BCUT2D eigenvalue weighted by Gasteiger charge is 2.13. The molecule has 3 N–H and O–H groups in total. The molecule has 3 heteroatoms. The van der Waals surface area contributed by atoms with Crippen molar-refractivity contribution in [3.63, 3.8) is 0 Å². The van der Waals surface area contributed by atoms with E-state index in [1.807, 2.05) is 42.5 Å². The Morgan fingerprint density at radius 3 is 2.34 bits per heavy atom. The van der Waals surface area contributed by atoms with E-state index in [9.17, 15) is 5.11 Å². The molecule has 0 heterocycles. The minimum atomic E-state index is 0.322. The molecular formula is C26H30N2O. The number of nitrogens with zero attached hydrogens (tertiary/aromatic N) is 1. The largest absolute Gasteiger partial charge is 0.508 e. The molecule has 0 aromatic heterocycles. The zero-order valence-corrected chi connectivity index (χ0v) is 17.1. The summed E-state index contributed by atoms with van der Waals surface area (Å²) in [7, 11) is 0. The number of phenols is 1. The predicted octanol–water partition coefficient (Wildman–Crippen LogP) is 4.92. The van der Waals surface area contributed by atoms with Gasteiger partial charge in [-0.05, 0) is 48.1 Å². The minimum Gasteiger partial charge on any atom is -0.508 e. The van der Waals surface area contributed by atoms with E-state index in [2.05, 4.69) is 48.7 Å². The standard InChI is InChI=1S/C26H30N2O/c1-20-8-6-7-11-25(20)19-28(17-16-27)21(2)24-15-14-23(26(29)18-24)13-12-22-9-4-3-5-10-22/h3-11,14-15,18,29H,2,12-13,16-17,19,27H2,1H3. The topological polar surface area (TPSA) is 49.5 Å². The van der Waals surface area contributed by atoms with Crippen molar-refractivity contribution in [1.82, 2.24) is 4.90 Å². The predicted molar refractivity (Wildman–Crippen MR) is 122 cm³/mol. The lowest BCUT2D eigenvalue weighted by Gasteiger charge is -2.27. The lowest BCUT2D eigenvalue weighted by Crippen LogP contribution is -2.27. The Labute approximate surface area is 174 Å². The van der Waals surface area contributed by atoms with Gasteiger partial charge in [-0.2, -0.15) is 0 Å². The van der Waals surface area contributed by atoms with Crippen LogP contribution in [0.5, 0.6) is 5.75 Å². The first-order chi connectivity index (χ1) is 14.1. The lowest BCUT2D eigenvalue weighted by atomic mass is 10.0. The Morgan fingerprint density at radius 2 is 1.66 bits per heavy atom. The Hall–Kier alpha value is -3.04. The van der Waals surface area contributed by atoms with Crippen molar-refractivity contribution in [2.24, 2.45) is 5.73 Å². The zero-order chi connectivity index (χ0) is 20.6. The van der Waals surface area contributed by atoms with Crippen molar-refractivity contribution in [1.29, 1.82) is 0 Å². The van der Waals surface area contributed by atoms with Crippen LogP contribution in [0.3, 0.4) is 0 Å². The van der Waals surface area contributed by atoms with E-state index in [1.54, 1.807) is 0 Å². The molecule has 0 saturated heterocycles. The highest BCUT2D eigenvalue weighted by Crippen LogP contribution is 2.27. The second kappa shape index (κ2) is 9.94. The molecule has 0 aliphatic heterocycles. The van der Waals surface area contributed by atoms with E-state index in [1.165, 1.54) is 16.7 Å². The maximum Gasteiger partial charge on any atom is 0.119 e. The zero-order valence-electron chi connectivity index (χ0n) is 17.1. The highest BCUT2D eigenvalue weighted by atomic mass is 16.3. The first-order valence-corrected chi connectivity index (χ1v) is 10.1. The Bertz CT molecular complexity index is 950. The van der Waals surface area contributed by atoms with Crippen LogP contribution in [0.25, 0.3) is 5.70 Å². The van der Waals surface area contributed by atoms with E-state index < -0.39 is 0 Å². The van der Waals surface area contributed by atoms with Crippen LogP contribution in [-0.2, 0) is 19.4 Å². The molecule has 3 rings (SSSR count). The minimum absolute atomic E-state index is 0.322. The molecule has 29 heavy (non-hydrogen) atoms. The van der Waals surface area contributed by atoms with Gasteiger partial charge < -0.3 is 15.7 Å². The van der Waals surface area contributed by atoms with Crippen LogP contribution < -0.4 is 5.73 Å². The van der Waals surface area contributed by atoms with Gasteiger partial charge in [0.15, 0.2) is 0 Å². The van der Waals surface area contributed by atoms with E-state index in [4.69, 9.17) is 5.73 Å². The molecule has 0 bridgehead atoms. The van der Waals surface area contributed by atoms with E-state index in [0.29, 0.717) is 18.8 Å². The van der Waals surface area contributed by atoms with Gasteiger partial charge in [-0.1, -0.05) is 73.3 Å². The fourth-order valence-electron chi connectivity index (χ4n) is 3.52. The van der Waals surface area contributed by atoms with Crippen LogP contribution in [0.1, 0.15) is 27.8 Å². The molecule has 0 aliphatic carbocycles. The third-order valence-corrected chi connectivity index (χ3v) is 5.35. The summed E-state index contributed by atoms with van der Waals surface area (Å²) < 4.78 is 0. The normalized spacial score (nSPS) is 10.7. The second-order valence-corrected chi connectivity index (χ2v) is 7.41. The summed E-state index contributed by atoms with van der Waals surface area (Å²) in [5.41, 5.74) is 12.4. The first-order valence-electron chi connectivity index (χ1n) is 10.1. The highest BCUT2D eigenvalue weighted by molar-refractivity contribution is 5.64. The summed E-state index contributed by atoms with van der Waals surface area (Å²) >= 11 is 0. The molecule has 0 radical (unpaired) electrons. The van der Waals surface area contributed by atoms with Gasteiger partial charge in [0.1, 0.15) is 5.75 Å². The maximum atomic E-state index is 10.6. The average molecular weight is 387 g/mol. The molecule has 0 spiro atoms. The summed E-state index contributed by atoms with van der Waals surface area (Å²) in [5.74, 6) is 0.322. The molecule has 0 unspecified atom stereocenters. The summed E-state index contributed by atoms with van der Waals surface area (Å²) in [6.07, 6.45) is 1.71. The average Bonchev–Trinajstić information content (AvgIpc) is 2.74. The molecular weight excluding hydrogens is 356 g/mol. The molecule has 3 aromatic rings. The van der Waals surface area contributed by atoms with Gasteiger partial charge in [-0.3, -0.25) is 0 Å². The van der Waals surface area contributed by atoms with E-state index in [-0.39, 0.29) is 0 Å². The van der Waals surface area contributed by atoms with Gasteiger partial charge in [-0.15, -0.1) is 0 Å². The molecule has 0 aliphatic rings. The van der Waals surface area contributed by atoms with Crippen LogP contribution in [0.4, 0.5) is 0 Å². The molecule has 0 fully saturated rings. The number of aromatic hydroxyl groups is 1. The van der Waals surface area contributed by atoms with Crippen molar-refractivity contribution >= 4 is 5.70 Å². The van der Waals surface area contributed by atoms with Crippen LogP contribution in [0.15, 0.2) is 79.4 Å². The first kappa shape index (κ1) is 20.7. The summed E-state index contributed by atoms with van der Waals surface area (Å²) in [6, 6.07) is 24.6. The van der Waals surface area contributed by atoms with Gasteiger partial charge in [-0.25, -0.2) is 0 Å². The van der Waals surface area contributed by atoms with Gasteiger partial charge in [0.05, 0.1) is 0 Å². The van der Waals surface area contributed by atoms with Gasteiger partial charge in [0.2, 0.25) is 0 Å². The molecule has 0 saturated carbocycles. The second-order valence-electron chi connectivity index (χ2n) is 7.41. The van der Waals surface area contributed by atoms with Crippen molar-refractivity contribution in [2.75, 3.05) is 13.1 Å². The fraction of sp³-hybridized carbons (Fsp3) is 0.231. The molecule has 0 atom stereocenters. The lowest BCUT2D eigenvalue weighted by molar-refractivity contribution is 0.400. The van der Waals surface area contributed by atoms with Gasteiger partial charge in [0, 0.05) is 30.9 Å². The molecule has 3 nitrogen and oxygen atoms in total. The maximum absolute atomic E-state index is 10.6. The quantitative estimate of drug-likeness (QED) is 0.549. The van der Waals surface area contributed by atoms with Crippen molar-refractivity contribution in [3.05, 3.63) is 107 Å². The number of aryl methyl sites for hydroxylation is 3. The number of hydrogen-bond donors (Lipinski definition) is 2. The van der Waals surface area contributed by atoms with Crippen LogP contribution in [-0.4, -0.2) is 23.1 Å². The number of hydrogen-bond acceptors (Lipinski definition) is 3. The number of benzene rings is 3. The van der Waals surface area contributed by atoms with Gasteiger partial charge >= 0.3 is 0 Å². The third-order valence-electron chi connectivity index (χ3n) is 5.35. The number of nitrogens with two attached hydrogens (primary N) is 1. The van der Waals surface area contributed by atoms with E-state index in [0.717, 1.165) is 36.2 Å². The van der Waals surface area contributed by atoms with Crippen molar-refractivity contribution < 1.29 is 5.11 Å². The summed E-state index contributed by atoms with van der Waals surface area (Å²) in [6.45, 7) is 8.42. The van der Waals surface area contributed by atoms with Gasteiger partial charge in [0.25, 0.3) is 0 Å². The van der Waals surface area contributed by atoms with Crippen molar-refractivity contribution in [3.8, 4) is 5.75 Å². The Kier molecular flexibility index (Phi) is 7.09. The van der Waals surface area contributed by atoms with Crippen LogP contribution >= 0.6 is 0 Å². The van der Waals surface area contributed by atoms with Crippen LogP contribution in [0.2, 0.25) is 0 Å². The molecule has 0 amide bonds. The monoisotopic (exact) mass is 386 g/mol. The molecule has 150 valence electrons. The summed E-state index contributed by atoms with van der Waals surface area (Å²) in [5, 5.41) is 10.6. The third kappa shape index (κ3) is 5.49.